The van der Waals surface area contributed by atoms with E-state index in [9.17, 15) is 20.0 Å². The Morgan fingerprint density at radius 3 is 2.50 bits per heavy atom. The summed E-state index contributed by atoms with van der Waals surface area (Å²) < 4.78 is 4.83. The van der Waals surface area contributed by atoms with Crippen molar-refractivity contribution in [3.05, 3.63) is 63.4 Å². The zero-order valence-corrected chi connectivity index (χ0v) is 12.0. The molecular weight excluding hydrogens is 288 g/mol. The summed E-state index contributed by atoms with van der Waals surface area (Å²) in [6, 6.07) is 9.21. The van der Waals surface area contributed by atoms with E-state index in [-0.39, 0.29) is 12.4 Å². The number of nitrogens with one attached hydrogen (secondary N) is 1. The Bertz CT molecular complexity index is 663. The second kappa shape index (κ2) is 6.86. The molecule has 2 N–H and O–H groups in total. The van der Waals surface area contributed by atoms with Crippen LogP contribution in [0, 0.1) is 10.1 Å². The van der Waals surface area contributed by atoms with Gasteiger partial charge >= 0.3 is 5.88 Å². The number of amides is 1. The third kappa shape index (κ3) is 3.50. The number of aryl methyl sites for hydroxylation is 1. The number of hydrogen-bond acceptors (Lipinski definition) is 5. The molecule has 1 atom stereocenters. The molecule has 0 aliphatic rings. The molecule has 22 heavy (non-hydrogen) atoms. The number of aliphatic hydroxyl groups is 1. The van der Waals surface area contributed by atoms with Gasteiger partial charge in [-0.2, -0.15) is 0 Å². The van der Waals surface area contributed by atoms with Gasteiger partial charge in [-0.05, 0) is 23.6 Å². The molecule has 7 nitrogen and oxygen atoms in total. The molecule has 7 heteroatoms. The van der Waals surface area contributed by atoms with Gasteiger partial charge in [0.25, 0.3) is 5.91 Å². The Morgan fingerprint density at radius 1 is 1.32 bits per heavy atom. The standard InChI is InChI=1S/C15H16N2O5/c1-2-10-3-5-11(6-4-10)12(9-18)16-15(19)13-7-8-14(22-13)17(20)21/h3-8,12,18H,2,9H2,1H3,(H,16,19). The molecule has 1 amide bonds. The molecule has 0 aliphatic carbocycles. The lowest BCUT2D eigenvalue weighted by Crippen LogP contribution is -2.30. The van der Waals surface area contributed by atoms with Gasteiger partial charge < -0.3 is 14.8 Å². The van der Waals surface area contributed by atoms with E-state index in [1.54, 1.807) is 0 Å². The molecule has 0 saturated carbocycles. The zero-order valence-electron chi connectivity index (χ0n) is 12.0. The first-order chi connectivity index (χ1) is 10.5. The maximum atomic E-state index is 12.0. The minimum atomic E-state index is -0.718. The first-order valence-electron chi connectivity index (χ1n) is 6.80. The summed E-state index contributed by atoms with van der Waals surface area (Å²) in [5.41, 5.74) is 1.89. The van der Waals surface area contributed by atoms with E-state index in [1.165, 1.54) is 6.07 Å². The van der Waals surface area contributed by atoms with Crippen molar-refractivity contribution in [2.24, 2.45) is 0 Å². The summed E-state index contributed by atoms with van der Waals surface area (Å²) in [5, 5.41) is 22.6. The van der Waals surface area contributed by atoms with Gasteiger partial charge in [-0.15, -0.1) is 0 Å². The molecule has 0 bridgehead atoms. The monoisotopic (exact) mass is 304 g/mol. The number of aliphatic hydroxyl groups excluding tert-OH is 1. The van der Waals surface area contributed by atoms with Gasteiger partial charge in [0.15, 0.2) is 5.76 Å². The topological polar surface area (TPSA) is 106 Å². The van der Waals surface area contributed by atoms with Crippen molar-refractivity contribution in [3.63, 3.8) is 0 Å². The normalized spacial score (nSPS) is 11.9. The van der Waals surface area contributed by atoms with E-state index in [0.717, 1.165) is 23.6 Å². The molecule has 1 unspecified atom stereocenters. The predicted molar refractivity (Wildman–Crippen MR) is 78.5 cm³/mol. The first kappa shape index (κ1) is 15.7. The number of nitrogens with zero attached hydrogens (tertiary/aromatic N) is 1. The third-order valence-electron chi connectivity index (χ3n) is 3.27. The number of carbonyl (C=O) groups is 1. The Morgan fingerprint density at radius 2 is 2.00 bits per heavy atom. The molecule has 1 aromatic heterocycles. The average molecular weight is 304 g/mol. The van der Waals surface area contributed by atoms with Crippen LogP contribution < -0.4 is 5.32 Å². The van der Waals surface area contributed by atoms with Gasteiger partial charge in [-0.3, -0.25) is 14.9 Å². The first-order valence-corrected chi connectivity index (χ1v) is 6.80. The van der Waals surface area contributed by atoms with Crippen LogP contribution >= 0.6 is 0 Å². The van der Waals surface area contributed by atoms with Crippen molar-refractivity contribution in [2.45, 2.75) is 19.4 Å². The molecule has 1 heterocycles. The predicted octanol–water partition coefficient (Wildman–Crippen LogP) is 2.21. The Balaban J connectivity index is 2.10. The molecule has 116 valence electrons. The molecule has 0 fully saturated rings. The van der Waals surface area contributed by atoms with Gasteiger partial charge in [0.2, 0.25) is 0 Å². The highest BCUT2D eigenvalue weighted by Gasteiger charge is 2.20. The summed E-state index contributed by atoms with van der Waals surface area (Å²) >= 11 is 0. The van der Waals surface area contributed by atoms with E-state index in [0.29, 0.717) is 0 Å². The summed E-state index contributed by atoms with van der Waals surface area (Å²) in [7, 11) is 0. The number of benzene rings is 1. The van der Waals surface area contributed by atoms with Crippen LogP contribution in [-0.4, -0.2) is 22.5 Å². The molecule has 1 aromatic carbocycles. The molecule has 0 radical (unpaired) electrons. The SMILES string of the molecule is CCc1ccc(C(CO)NC(=O)c2ccc([N+](=O)[O-])o2)cc1. The van der Waals surface area contributed by atoms with E-state index >= 15 is 0 Å². The quantitative estimate of drug-likeness (QED) is 0.628. The summed E-state index contributed by atoms with van der Waals surface area (Å²) in [6.45, 7) is 1.74. The van der Waals surface area contributed by atoms with Crippen LogP contribution in [0.25, 0.3) is 0 Å². The number of furan rings is 1. The van der Waals surface area contributed by atoms with Crippen LogP contribution in [0.15, 0.2) is 40.8 Å². The van der Waals surface area contributed by atoms with E-state index in [2.05, 4.69) is 5.32 Å². The molecule has 0 aliphatic heterocycles. The second-order valence-electron chi connectivity index (χ2n) is 4.70. The number of rotatable bonds is 6. The van der Waals surface area contributed by atoms with E-state index in [4.69, 9.17) is 4.42 Å². The fourth-order valence-corrected chi connectivity index (χ4v) is 2.00. The van der Waals surface area contributed by atoms with Gasteiger partial charge in [-0.1, -0.05) is 31.2 Å². The number of hydrogen-bond donors (Lipinski definition) is 2. The highest BCUT2D eigenvalue weighted by molar-refractivity contribution is 5.92. The Kier molecular flexibility index (Phi) is 4.90. The second-order valence-corrected chi connectivity index (χ2v) is 4.70. The summed E-state index contributed by atoms with van der Waals surface area (Å²) in [4.78, 5) is 21.8. The van der Waals surface area contributed by atoms with Crippen molar-refractivity contribution in [1.29, 1.82) is 0 Å². The van der Waals surface area contributed by atoms with Crippen molar-refractivity contribution >= 4 is 11.8 Å². The Labute approximate surface area is 126 Å². The number of carbonyl (C=O) groups excluding carboxylic acids is 1. The van der Waals surface area contributed by atoms with Crippen molar-refractivity contribution < 1.29 is 19.2 Å². The van der Waals surface area contributed by atoms with E-state index in [1.807, 2.05) is 31.2 Å². The van der Waals surface area contributed by atoms with Gasteiger partial charge in [0, 0.05) is 0 Å². The molecule has 2 rings (SSSR count). The molecule has 0 saturated heterocycles. The lowest BCUT2D eigenvalue weighted by Gasteiger charge is -2.16. The van der Waals surface area contributed by atoms with Crippen molar-refractivity contribution in [1.82, 2.24) is 5.32 Å². The molecular formula is C15H16N2O5. The Hall–Kier alpha value is -2.67. The fraction of sp³-hybridized carbons (Fsp3) is 0.267. The summed E-state index contributed by atoms with van der Waals surface area (Å²) in [5.74, 6) is -1.29. The fourth-order valence-electron chi connectivity index (χ4n) is 2.00. The van der Waals surface area contributed by atoms with Crippen molar-refractivity contribution in [3.8, 4) is 0 Å². The third-order valence-corrected chi connectivity index (χ3v) is 3.27. The zero-order chi connectivity index (χ0) is 16.1. The van der Waals surface area contributed by atoms with Gasteiger partial charge in [-0.25, -0.2) is 0 Å². The largest absolute Gasteiger partial charge is 0.433 e. The van der Waals surface area contributed by atoms with Crippen molar-refractivity contribution in [2.75, 3.05) is 6.61 Å². The highest BCUT2D eigenvalue weighted by Crippen LogP contribution is 2.18. The van der Waals surface area contributed by atoms with E-state index < -0.39 is 22.8 Å². The van der Waals surface area contributed by atoms with Crippen LogP contribution in [0.4, 0.5) is 5.88 Å². The van der Waals surface area contributed by atoms with Crippen LogP contribution in [0.2, 0.25) is 0 Å². The minimum Gasteiger partial charge on any atom is -0.395 e. The number of nitro groups is 1. The van der Waals surface area contributed by atoms with Gasteiger partial charge in [0.05, 0.1) is 18.7 Å². The van der Waals surface area contributed by atoms with Crippen LogP contribution in [-0.2, 0) is 6.42 Å². The van der Waals surface area contributed by atoms with Gasteiger partial charge in [0.1, 0.15) is 4.92 Å². The maximum absolute atomic E-state index is 12.0. The highest BCUT2D eigenvalue weighted by atomic mass is 16.6. The lowest BCUT2D eigenvalue weighted by atomic mass is 10.0. The smallest absolute Gasteiger partial charge is 0.395 e. The average Bonchev–Trinajstić information content (AvgIpc) is 3.03. The lowest BCUT2D eigenvalue weighted by molar-refractivity contribution is -0.402. The van der Waals surface area contributed by atoms with Crippen LogP contribution in [0.1, 0.15) is 34.6 Å². The van der Waals surface area contributed by atoms with Crippen LogP contribution in [0.3, 0.4) is 0 Å². The van der Waals surface area contributed by atoms with Crippen LogP contribution in [0.5, 0.6) is 0 Å². The molecule has 2 aromatic rings. The molecule has 0 spiro atoms. The summed E-state index contributed by atoms with van der Waals surface area (Å²) in [6.07, 6.45) is 0.895. The maximum Gasteiger partial charge on any atom is 0.433 e. The minimum absolute atomic E-state index is 0.171.